The first-order valence-electron chi connectivity index (χ1n) is 10.4. The standard InChI is InChI=1S/C23H26N2O4S2/c1-25(20-11-3-2-4-12-20)31(28,29)23-14-8-7-13-22(23)24-30(26,27)21-16-15-18-9-5-6-10-19(18)17-21/h5-10,13-17,20,24H,2-4,11-12H2,1H3. The van der Waals surface area contributed by atoms with E-state index in [9.17, 15) is 16.8 Å². The van der Waals surface area contributed by atoms with Gasteiger partial charge in [-0.3, -0.25) is 4.72 Å². The predicted molar refractivity (Wildman–Crippen MR) is 123 cm³/mol. The lowest BCUT2D eigenvalue weighted by Gasteiger charge is -2.31. The van der Waals surface area contributed by atoms with Crippen LogP contribution in [0.2, 0.25) is 0 Å². The molecule has 0 radical (unpaired) electrons. The molecule has 1 N–H and O–H groups in total. The van der Waals surface area contributed by atoms with E-state index in [0.717, 1.165) is 42.9 Å². The minimum Gasteiger partial charge on any atom is -0.278 e. The Morgan fingerprint density at radius 2 is 1.45 bits per heavy atom. The van der Waals surface area contributed by atoms with Crippen molar-refractivity contribution in [1.29, 1.82) is 0 Å². The summed E-state index contributed by atoms with van der Waals surface area (Å²) >= 11 is 0. The van der Waals surface area contributed by atoms with Crippen LogP contribution in [-0.2, 0) is 20.0 Å². The van der Waals surface area contributed by atoms with Crippen LogP contribution in [0.4, 0.5) is 5.69 Å². The second-order valence-corrected chi connectivity index (χ2v) is 11.6. The molecule has 8 heteroatoms. The summed E-state index contributed by atoms with van der Waals surface area (Å²) in [5.74, 6) is 0. The van der Waals surface area contributed by atoms with Crippen LogP contribution in [0, 0.1) is 0 Å². The molecular weight excluding hydrogens is 432 g/mol. The predicted octanol–water partition coefficient (Wildman–Crippen LogP) is 4.59. The Kier molecular flexibility index (Phi) is 6.05. The molecule has 0 amide bonds. The van der Waals surface area contributed by atoms with E-state index >= 15 is 0 Å². The number of fused-ring (bicyclic) bond motifs is 1. The molecule has 164 valence electrons. The van der Waals surface area contributed by atoms with Gasteiger partial charge in [0, 0.05) is 13.1 Å². The number of benzene rings is 3. The zero-order valence-corrected chi connectivity index (χ0v) is 19.0. The van der Waals surface area contributed by atoms with Crippen molar-refractivity contribution in [1.82, 2.24) is 4.31 Å². The summed E-state index contributed by atoms with van der Waals surface area (Å²) in [7, 11) is -6.24. The highest BCUT2D eigenvalue weighted by Crippen LogP contribution is 2.31. The molecule has 0 atom stereocenters. The Hall–Kier alpha value is -2.42. The van der Waals surface area contributed by atoms with Gasteiger partial charge in [-0.1, -0.05) is 61.7 Å². The number of nitrogens with zero attached hydrogens (tertiary/aromatic N) is 1. The molecule has 3 aromatic carbocycles. The Bertz CT molecular complexity index is 1300. The van der Waals surface area contributed by atoms with Crippen LogP contribution in [0.1, 0.15) is 32.1 Å². The van der Waals surface area contributed by atoms with Crippen molar-refractivity contribution in [2.24, 2.45) is 0 Å². The molecule has 1 fully saturated rings. The molecule has 1 aliphatic rings. The number of rotatable bonds is 6. The third-order valence-corrected chi connectivity index (χ3v) is 9.24. The maximum atomic E-state index is 13.3. The van der Waals surface area contributed by atoms with Crippen molar-refractivity contribution < 1.29 is 16.8 Å². The molecule has 3 aromatic rings. The summed E-state index contributed by atoms with van der Waals surface area (Å²) in [6, 6.07) is 18.4. The van der Waals surface area contributed by atoms with E-state index in [2.05, 4.69) is 4.72 Å². The van der Waals surface area contributed by atoms with Gasteiger partial charge in [-0.25, -0.2) is 16.8 Å². The Balaban J connectivity index is 1.67. The van der Waals surface area contributed by atoms with Crippen molar-refractivity contribution in [2.75, 3.05) is 11.8 Å². The first-order chi connectivity index (χ1) is 14.8. The van der Waals surface area contributed by atoms with Crippen LogP contribution in [0.25, 0.3) is 10.8 Å². The van der Waals surface area contributed by atoms with Gasteiger partial charge in [-0.05, 0) is 47.9 Å². The molecule has 1 saturated carbocycles. The monoisotopic (exact) mass is 458 g/mol. The smallest absolute Gasteiger partial charge is 0.261 e. The Labute approximate surface area is 184 Å². The Morgan fingerprint density at radius 1 is 0.806 bits per heavy atom. The van der Waals surface area contributed by atoms with Crippen molar-refractivity contribution in [3.8, 4) is 0 Å². The molecule has 6 nitrogen and oxygen atoms in total. The number of sulfonamides is 2. The molecule has 0 aliphatic heterocycles. The summed E-state index contributed by atoms with van der Waals surface area (Å²) in [6.45, 7) is 0. The van der Waals surface area contributed by atoms with Gasteiger partial charge in [-0.2, -0.15) is 4.31 Å². The van der Waals surface area contributed by atoms with Crippen LogP contribution in [0.15, 0.2) is 76.5 Å². The van der Waals surface area contributed by atoms with Crippen LogP contribution in [0.5, 0.6) is 0 Å². The third-order valence-electron chi connectivity index (χ3n) is 5.91. The molecule has 0 aromatic heterocycles. The van der Waals surface area contributed by atoms with Crippen LogP contribution in [-0.4, -0.2) is 34.2 Å². The summed E-state index contributed by atoms with van der Waals surface area (Å²) in [5.41, 5.74) is 0.0540. The fourth-order valence-corrected chi connectivity index (χ4v) is 6.85. The van der Waals surface area contributed by atoms with E-state index in [1.807, 2.05) is 24.3 Å². The van der Waals surface area contributed by atoms with Gasteiger partial charge in [0.1, 0.15) is 4.90 Å². The third kappa shape index (κ3) is 4.46. The summed E-state index contributed by atoms with van der Waals surface area (Å²) in [5, 5.41) is 1.72. The molecule has 0 spiro atoms. The van der Waals surface area contributed by atoms with Crippen molar-refractivity contribution in [3.63, 3.8) is 0 Å². The second kappa shape index (κ2) is 8.61. The van der Waals surface area contributed by atoms with E-state index in [1.54, 1.807) is 31.3 Å². The number of anilines is 1. The van der Waals surface area contributed by atoms with Crippen molar-refractivity contribution in [3.05, 3.63) is 66.7 Å². The van der Waals surface area contributed by atoms with Crippen molar-refractivity contribution >= 4 is 36.5 Å². The number of nitrogens with one attached hydrogen (secondary N) is 1. The Morgan fingerprint density at radius 3 is 2.19 bits per heavy atom. The average Bonchev–Trinajstić information content (AvgIpc) is 2.78. The molecule has 1 aliphatic carbocycles. The van der Waals surface area contributed by atoms with Crippen LogP contribution >= 0.6 is 0 Å². The maximum absolute atomic E-state index is 13.3. The summed E-state index contributed by atoms with van der Waals surface area (Å²) < 4.78 is 56.7. The van der Waals surface area contributed by atoms with Gasteiger partial charge >= 0.3 is 0 Å². The highest BCUT2D eigenvalue weighted by molar-refractivity contribution is 7.93. The number of para-hydroxylation sites is 1. The van der Waals surface area contributed by atoms with Gasteiger partial charge in [0.05, 0.1) is 10.6 Å². The molecule has 0 bridgehead atoms. The van der Waals surface area contributed by atoms with Crippen molar-refractivity contribution in [2.45, 2.75) is 47.9 Å². The lowest BCUT2D eigenvalue weighted by Crippen LogP contribution is -2.38. The fraction of sp³-hybridized carbons (Fsp3) is 0.304. The molecular formula is C23H26N2O4S2. The number of hydrogen-bond acceptors (Lipinski definition) is 4. The van der Waals surface area contributed by atoms with Gasteiger partial charge in [0.25, 0.3) is 10.0 Å². The molecule has 0 unspecified atom stereocenters. The second-order valence-electron chi connectivity index (χ2n) is 7.92. The molecule has 0 heterocycles. The van der Waals surface area contributed by atoms with Gasteiger partial charge in [0.15, 0.2) is 0 Å². The fourth-order valence-electron chi connectivity index (χ4n) is 4.11. The summed E-state index contributed by atoms with van der Waals surface area (Å²) in [4.78, 5) is 0.0477. The zero-order chi connectivity index (χ0) is 22.1. The van der Waals surface area contributed by atoms with E-state index in [0.29, 0.717) is 0 Å². The molecule has 0 saturated heterocycles. The van der Waals surface area contributed by atoms with E-state index in [1.165, 1.54) is 22.5 Å². The van der Waals surface area contributed by atoms with E-state index < -0.39 is 20.0 Å². The molecule has 4 rings (SSSR count). The van der Waals surface area contributed by atoms with Crippen LogP contribution in [0.3, 0.4) is 0 Å². The lowest BCUT2D eigenvalue weighted by molar-refractivity contribution is 0.286. The summed E-state index contributed by atoms with van der Waals surface area (Å²) in [6.07, 6.45) is 4.76. The first-order valence-corrected chi connectivity index (χ1v) is 13.3. The SMILES string of the molecule is CN(C1CCCCC1)S(=O)(=O)c1ccccc1NS(=O)(=O)c1ccc2ccccc2c1. The number of hydrogen-bond donors (Lipinski definition) is 1. The minimum atomic E-state index is -3.97. The quantitative estimate of drug-likeness (QED) is 0.585. The maximum Gasteiger partial charge on any atom is 0.261 e. The molecule has 31 heavy (non-hydrogen) atoms. The van der Waals surface area contributed by atoms with Gasteiger partial charge in [-0.15, -0.1) is 0 Å². The topological polar surface area (TPSA) is 83.6 Å². The highest BCUT2D eigenvalue weighted by Gasteiger charge is 2.31. The minimum absolute atomic E-state index is 0.0348. The average molecular weight is 459 g/mol. The van der Waals surface area contributed by atoms with E-state index in [4.69, 9.17) is 0 Å². The van der Waals surface area contributed by atoms with Crippen LogP contribution < -0.4 is 4.72 Å². The highest BCUT2D eigenvalue weighted by atomic mass is 32.2. The van der Waals surface area contributed by atoms with E-state index in [-0.39, 0.29) is 21.5 Å². The lowest BCUT2D eigenvalue weighted by atomic mass is 9.96. The van der Waals surface area contributed by atoms with Gasteiger partial charge < -0.3 is 0 Å². The zero-order valence-electron chi connectivity index (χ0n) is 17.4. The van der Waals surface area contributed by atoms with Gasteiger partial charge in [0.2, 0.25) is 10.0 Å². The largest absolute Gasteiger partial charge is 0.278 e. The first kappa shape index (κ1) is 21.8. The normalized spacial score (nSPS) is 15.9.